The fourth-order valence-corrected chi connectivity index (χ4v) is 5.04. The van der Waals surface area contributed by atoms with Gasteiger partial charge in [0.2, 0.25) is 0 Å². The zero-order chi connectivity index (χ0) is 30.2. The molecule has 0 atom stereocenters. The van der Waals surface area contributed by atoms with Gasteiger partial charge in [0.15, 0.2) is 0 Å². The first-order valence-electron chi connectivity index (χ1n) is 14.6. The average molecular weight is 556 g/mol. The van der Waals surface area contributed by atoms with Gasteiger partial charge in [-0.1, -0.05) is 84.5 Å². The lowest BCUT2D eigenvalue weighted by Crippen LogP contribution is -2.08. The van der Waals surface area contributed by atoms with Crippen molar-refractivity contribution in [1.29, 1.82) is 0 Å². The van der Waals surface area contributed by atoms with Crippen LogP contribution in [-0.4, -0.2) is 42.3 Å². The Kier molecular flexibility index (Phi) is 10.1. The Hall–Kier alpha value is -4.50. The molecule has 216 valence electrons. The van der Waals surface area contributed by atoms with Crippen molar-refractivity contribution in [3.63, 3.8) is 0 Å². The maximum Gasteiger partial charge on any atom is 0.0361 e. The third kappa shape index (κ3) is 7.41. The lowest BCUT2D eigenvalue weighted by molar-refractivity contribution is 1.12. The lowest BCUT2D eigenvalue weighted by Gasteiger charge is -2.18. The van der Waals surface area contributed by atoms with Gasteiger partial charge < -0.3 is 14.7 Å². The van der Waals surface area contributed by atoms with Crippen LogP contribution in [0.15, 0.2) is 132 Å². The van der Waals surface area contributed by atoms with Crippen LogP contribution in [0.2, 0.25) is 0 Å². The third-order valence-corrected chi connectivity index (χ3v) is 7.88. The van der Waals surface area contributed by atoms with E-state index in [2.05, 4.69) is 186 Å². The summed E-state index contributed by atoms with van der Waals surface area (Å²) in [6, 6.07) is 26.4. The molecule has 0 heterocycles. The van der Waals surface area contributed by atoms with Crippen LogP contribution < -0.4 is 14.7 Å². The van der Waals surface area contributed by atoms with Gasteiger partial charge in [-0.3, -0.25) is 0 Å². The van der Waals surface area contributed by atoms with Crippen molar-refractivity contribution in [3.05, 3.63) is 149 Å². The maximum atomic E-state index is 2.28. The van der Waals surface area contributed by atoms with Crippen LogP contribution in [0.5, 0.6) is 0 Å². The van der Waals surface area contributed by atoms with Crippen LogP contribution in [-0.2, 0) is 0 Å². The second kappa shape index (κ2) is 13.9. The fourth-order valence-electron chi connectivity index (χ4n) is 5.04. The van der Waals surface area contributed by atoms with Crippen molar-refractivity contribution < 1.29 is 0 Å². The number of nitrogens with zero attached hydrogens (tertiary/aromatic N) is 3. The first-order chi connectivity index (χ1) is 20.2. The van der Waals surface area contributed by atoms with Gasteiger partial charge in [-0.15, -0.1) is 0 Å². The van der Waals surface area contributed by atoms with E-state index in [-0.39, 0.29) is 0 Å². The monoisotopic (exact) mass is 555 g/mol. The molecule has 0 fully saturated rings. The molecule has 0 saturated heterocycles. The van der Waals surface area contributed by atoms with E-state index in [4.69, 9.17) is 0 Å². The topological polar surface area (TPSA) is 9.72 Å². The van der Waals surface area contributed by atoms with Crippen LogP contribution in [0.25, 0.3) is 11.1 Å². The summed E-state index contributed by atoms with van der Waals surface area (Å²) in [6.07, 6.45) is 16.5. The molecule has 42 heavy (non-hydrogen) atoms. The SMILES string of the molecule is CC1=C(C)C(=C(C=CC=CC=C(c2ccc(N(C)C)cc2)c2ccc(N(C)C)cc2)c2ccc(N(C)C)cc2)C=CC1. The van der Waals surface area contributed by atoms with E-state index in [1.54, 1.807) is 0 Å². The van der Waals surface area contributed by atoms with E-state index in [1.807, 2.05) is 0 Å². The van der Waals surface area contributed by atoms with Gasteiger partial charge in [-0.25, -0.2) is 0 Å². The highest BCUT2D eigenvalue weighted by atomic mass is 15.1. The number of benzene rings is 3. The highest BCUT2D eigenvalue weighted by molar-refractivity contribution is 5.84. The molecule has 0 amide bonds. The van der Waals surface area contributed by atoms with Crippen LogP contribution in [0, 0.1) is 0 Å². The van der Waals surface area contributed by atoms with Gasteiger partial charge in [0, 0.05) is 59.3 Å². The Balaban J connectivity index is 1.70. The molecule has 3 heteroatoms. The Morgan fingerprint density at radius 3 is 1.48 bits per heavy atom. The van der Waals surface area contributed by atoms with Gasteiger partial charge in [0.05, 0.1) is 0 Å². The Labute approximate surface area is 253 Å². The summed E-state index contributed by atoms with van der Waals surface area (Å²) in [6.45, 7) is 4.47. The summed E-state index contributed by atoms with van der Waals surface area (Å²) >= 11 is 0. The van der Waals surface area contributed by atoms with Gasteiger partial charge in [0.25, 0.3) is 0 Å². The standard InChI is InChI=1S/C39H45N3/c1-29-13-12-16-37(30(29)2)39(33-21-27-36(28-22-33)42(7)8)15-11-9-10-14-38(31-17-23-34(24-18-31)40(3)4)32-19-25-35(26-20-32)41(5)6/h9-12,14-28H,13H2,1-8H3. The fraction of sp³-hybridized carbons (Fsp3) is 0.231. The van der Waals surface area contributed by atoms with E-state index < -0.39 is 0 Å². The normalized spacial score (nSPS) is 14.5. The zero-order valence-corrected chi connectivity index (χ0v) is 26.5. The van der Waals surface area contributed by atoms with E-state index in [0.29, 0.717) is 0 Å². The van der Waals surface area contributed by atoms with Crippen molar-refractivity contribution >= 4 is 28.2 Å². The maximum absolute atomic E-state index is 2.28. The lowest BCUT2D eigenvalue weighted by atomic mass is 9.88. The first kappa shape index (κ1) is 30.5. The van der Waals surface area contributed by atoms with Crippen LogP contribution in [0.4, 0.5) is 17.1 Å². The molecule has 0 aliphatic heterocycles. The highest BCUT2D eigenvalue weighted by Gasteiger charge is 2.12. The minimum atomic E-state index is 1.02. The molecule has 0 radical (unpaired) electrons. The number of allylic oxidation sites excluding steroid dienone is 11. The molecule has 4 rings (SSSR count). The molecule has 1 aliphatic rings. The molecule has 0 aromatic heterocycles. The summed E-state index contributed by atoms with van der Waals surface area (Å²) in [7, 11) is 12.4. The molecule has 1 aliphatic carbocycles. The smallest absolute Gasteiger partial charge is 0.0361 e. The quantitative estimate of drug-likeness (QED) is 0.244. The molecule has 0 bridgehead atoms. The summed E-state index contributed by atoms with van der Waals surface area (Å²) in [5.74, 6) is 0. The molecule has 3 aromatic rings. The molecular weight excluding hydrogens is 510 g/mol. The van der Waals surface area contributed by atoms with Crippen molar-refractivity contribution in [3.8, 4) is 0 Å². The number of rotatable bonds is 9. The van der Waals surface area contributed by atoms with Gasteiger partial charge in [-0.05, 0) is 95.6 Å². The summed E-state index contributed by atoms with van der Waals surface area (Å²) in [4.78, 5) is 6.39. The average Bonchev–Trinajstić information content (AvgIpc) is 2.99. The predicted molar refractivity (Wildman–Crippen MR) is 187 cm³/mol. The minimum Gasteiger partial charge on any atom is -0.378 e. The summed E-state index contributed by atoms with van der Waals surface area (Å²) < 4.78 is 0. The van der Waals surface area contributed by atoms with Gasteiger partial charge >= 0.3 is 0 Å². The Morgan fingerprint density at radius 2 is 1.02 bits per heavy atom. The largest absolute Gasteiger partial charge is 0.378 e. The second-order valence-electron chi connectivity index (χ2n) is 11.5. The summed E-state index contributed by atoms with van der Waals surface area (Å²) in [5, 5.41) is 0. The Bertz CT molecular complexity index is 1480. The van der Waals surface area contributed by atoms with Gasteiger partial charge in [0.1, 0.15) is 0 Å². The van der Waals surface area contributed by atoms with Crippen LogP contribution in [0.1, 0.15) is 37.0 Å². The third-order valence-electron chi connectivity index (χ3n) is 7.88. The van der Waals surface area contributed by atoms with E-state index in [0.717, 1.165) is 6.42 Å². The second-order valence-corrected chi connectivity index (χ2v) is 11.5. The van der Waals surface area contributed by atoms with Gasteiger partial charge in [-0.2, -0.15) is 0 Å². The molecule has 0 unspecified atom stereocenters. The molecular formula is C39H45N3. The Morgan fingerprint density at radius 1 is 0.571 bits per heavy atom. The van der Waals surface area contributed by atoms with Crippen LogP contribution >= 0.6 is 0 Å². The predicted octanol–water partition coefficient (Wildman–Crippen LogP) is 9.18. The van der Waals surface area contributed by atoms with Crippen molar-refractivity contribution in [1.82, 2.24) is 0 Å². The number of anilines is 3. The van der Waals surface area contributed by atoms with Crippen LogP contribution in [0.3, 0.4) is 0 Å². The molecule has 0 spiro atoms. The van der Waals surface area contributed by atoms with E-state index in [1.165, 1.54) is 61.6 Å². The number of hydrogen-bond acceptors (Lipinski definition) is 3. The molecule has 0 saturated carbocycles. The van der Waals surface area contributed by atoms with Crippen molar-refractivity contribution in [2.45, 2.75) is 20.3 Å². The zero-order valence-electron chi connectivity index (χ0n) is 26.5. The number of hydrogen-bond donors (Lipinski definition) is 0. The summed E-state index contributed by atoms with van der Waals surface area (Å²) in [5.41, 5.74) is 13.7. The molecule has 3 nitrogen and oxygen atoms in total. The molecule has 0 N–H and O–H groups in total. The molecule has 3 aromatic carbocycles. The highest BCUT2D eigenvalue weighted by Crippen LogP contribution is 2.33. The minimum absolute atomic E-state index is 1.02. The van der Waals surface area contributed by atoms with E-state index >= 15 is 0 Å². The first-order valence-corrected chi connectivity index (χ1v) is 14.6. The van der Waals surface area contributed by atoms with E-state index in [9.17, 15) is 0 Å². The van der Waals surface area contributed by atoms with Crippen molar-refractivity contribution in [2.75, 3.05) is 57.0 Å². The van der Waals surface area contributed by atoms with Crippen molar-refractivity contribution in [2.24, 2.45) is 0 Å².